The summed E-state index contributed by atoms with van der Waals surface area (Å²) in [6.45, 7) is 2.85. The Kier molecular flexibility index (Phi) is 5.59. The van der Waals surface area contributed by atoms with Gasteiger partial charge in [-0.1, -0.05) is 6.92 Å². The molecule has 1 heterocycles. The van der Waals surface area contributed by atoms with Crippen LogP contribution in [0.1, 0.15) is 26.2 Å². The largest absolute Gasteiger partial charge is 0.435 e. The second-order valence-corrected chi connectivity index (χ2v) is 5.16. The number of nitrogens with one attached hydrogen (secondary N) is 1. The second-order valence-electron chi connectivity index (χ2n) is 5.16. The van der Waals surface area contributed by atoms with E-state index in [1.807, 2.05) is 0 Å². The molecule has 1 N–H and O–H groups in total. The predicted octanol–water partition coefficient (Wildman–Crippen LogP) is 3.57. The van der Waals surface area contributed by atoms with E-state index in [1.165, 1.54) is 13.0 Å². The lowest BCUT2D eigenvalue weighted by atomic mass is 10.0. The molecule has 1 aliphatic heterocycles. The molecule has 1 aromatic carbocycles. The van der Waals surface area contributed by atoms with E-state index in [4.69, 9.17) is 0 Å². The van der Waals surface area contributed by atoms with Crippen LogP contribution in [0.25, 0.3) is 0 Å². The fraction of sp³-hybridized carbons (Fsp3) is 0.600. The monoisotopic (exact) mass is 284 g/mol. The minimum absolute atomic E-state index is 0.198. The number of halogens is 2. The topological polar surface area (TPSA) is 24.5 Å². The summed E-state index contributed by atoms with van der Waals surface area (Å²) in [6, 6.07) is 7.18. The van der Waals surface area contributed by atoms with Gasteiger partial charge in [0.25, 0.3) is 0 Å². The molecule has 0 saturated carbocycles. The van der Waals surface area contributed by atoms with Gasteiger partial charge in [-0.2, -0.15) is 8.78 Å². The normalized spacial score (nSPS) is 17.4. The van der Waals surface area contributed by atoms with Crippen molar-refractivity contribution in [3.8, 4) is 5.75 Å². The third-order valence-corrected chi connectivity index (χ3v) is 3.58. The molecule has 0 spiro atoms. The van der Waals surface area contributed by atoms with E-state index in [-0.39, 0.29) is 5.75 Å². The zero-order chi connectivity index (χ0) is 14.4. The number of ether oxygens (including phenoxy) is 1. The molecule has 0 aliphatic carbocycles. The molecule has 5 heteroatoms. The van der Waals surface area contributed by atoms with Gasteiger partial charge in [-0.05, 0) is 50.1 Å². The van der Waals surface area contributed by atoms with Gasteiger partial charge in [0.2, 0.25) is 0 Å². The van der Waals surface area contributed by atoms with Gasteiger partial charge < -0.3 is 15.0 Å². The molecule has 0 aromatic heterocycles. The molecular weight excluding hydrogens is 262 g/mol. The Bertz CT molecular complexity index is 389. The van der Waals surface area contributed by atoms with E-state index in [2.05, 4.69) is 21.9 Å². The van der Waals surface area contributed by atoms with Crippen molar-refractivity contribution in [3.05, 3.63) is 24.3 Å². The summed E-state index contributed by atoms with van der Waals surface area (Å²) in [7, 11) is 0. The molecule has 1 aliphatic rings. The number of benzene rings is 1. The van der Waals surface area contributed by atoms with E-state index >= 15 is 0 Å². The van der Waals surface area contributed by atoms with Crippen molar-refractivity contribution >= 4 is 5.69 Å². The summed E-state index contributed by atoms with van der Waals surface area (Å²) in [6.07, 6.45) is 3.44. The van der Waals surface area contributed by atoms with Gasteiger partial charge in [0.05, 0.1) is 0 Å². The van der Waals surface area contributed by atoms with E-state index in [0.717, 1.165) is 31.6 Å². The minimum atomic E-state index is -2.77. The lowest BCUT2D eigenvalue weighted by molar-refractivity contribution is -0.0498. The Morgan fingerprint density at radius 1 is 1.25 bits per heavy atom. The molecule has 0 radical (unpaired) electrons. The molecule has 1 fully saturated rings. The van der Waals surface area contributed by atoms with Crippen molar-refractivity contribution in [1.29, 1.82) is 0 Å². The third-order valence-electron chi connectivity index (χ3n) is 3.58. The maximum atomic E-state index is 12.1. The number of likely N-dealkylation sites (tertiary alicyclic amines) is 1. The first-order chi connectivity index (χ1) is 9.67. The predicted molar refractivity (Wildman–Crippen MR) is 76.4 cm³/mol. The first-order valence-electron chi connectivity index (χ1n) is 7.21. The highest BCUT2D eigenvalue weighted by Crippen LogP contribution is 2.20. The highest BCUT2D eigenvalue weighted by molar-refractivity contribution is 5.47. The maximum Gasteiger partial charge on any atom is 0.387 e. The Morgan fingerprint density at radius 2 is 1.90 bits per heavy atom. The van der Waals surface area contributed by atoms with Gasteiger partial charge in [-0.3, -0.25) is 0 Å². The quantitative estimate of drug-likeness (QED) is 0.864. The number of rotatable bonds is 6. The molecule has 1 saturated heterocycles. The van der Waals surface area contributed by atoms with E-state index in [1.54, 1.807) is 24.3 Å². The number of hydrogen-bond donors (Lipinski definition) is 1. The number of piperidine rings is 1. The van der Waals surface area contributed by atoms with Crippen LogP contribution in [0.5, 0.6) is 5.75 Å². The van der Waals surface area contributed by atoms with Gasteiger partial charge in [0.1, 0.15) is 5.75 Å². The summed E-state index contributed by atoms with van der Waals surface area (Å²) < 4.78 is 28.4. The van der Waals surface area contributed by atoms with Crippen molar-refractivity contribution in [2.24, 2.45) is 0 Å². The first-order valence-corrected chi connectivity index (χ1v) is 7.21. The van der Waals surface area contributed by atoms with Gasteiger partial charge in [-0.15, -0.1) is 0 Å². The number of nitrogens with zero attached hydrogens (tertiary/aromatic N) is 1. The van der Waals surface area contributed by atoms with Crippen molar-refractivity contribution in [2.75, 3.05) is 25.0 Å². The highest BCUT2D eigenvalue weighted by atomic mass is 19.3. The van der Waals surface area contributed by atoms with Crippen LogP contribution in [0.3, 0.4) is 0 Å². The molecule has 0 bridgehead atoms. The van der Waals surface area contributed by atoms with Crippen molar-refractivity contribution in [1.82, 2.24) is 4.90 Å². The van der Waals surface area contributed by atoms with Gasteiger partial charge in [-0.25, -0.2) is 0 Å². The average molecular weight is 284 g/mol. The van der Waals surface area contributed by atoms with Gasteiger partial charge >= 0.3 is 6.61 Å². The van der Waals surface area contributed by atoms with Crippen molar-refractivity contribution in [2.45, 2.75) is 38.8 Å². The molecule has 20 heavy (non-hydrogen) atoms. The maximum absolute atomic E-state index is 12.1. The molecular formula is C15H22F2N2O. The summed E-state index contributed by atoms with van der Waals surface area (Å²) in [4.78, 5) is 2.48. The number of hydrogen-bond acceptors (Lipinski definition) is 3. The summed E-state index contributed by atoms with van der Waals surface area (Å²) >= 11 is 0. The van der Waals surface area contributed by atoms with Crippen molar-refractivity contribution in [3.63, 3.8) is 0 Å². The molecule has 0 amide bonds. The van der Waals surface area contributed by atoms with Crippen LogP contribution in [-0.4, -0.2) is 37.2 Å². The summed E-state index contributed by atoms with van der Waals surface area (Å²) in [5.74, 6) is 0.198. The van der Waals surface area contributed by atoms with Crippen LogP contribution in [0, 0.1) is 0 Å². The zero-order valence-electron chi connectivity index (χ0n) is 11.8. The van der Waals surface area contributed by atoms with Crippen LogP contribution in [0.15, 0.2) is 24.3 Å². The van der Waals surface area contributed by atoms with Crippen LogP contribution in [0.4, 0.5) is 14.5 Å². The lowest BCUT2D eigenvalue weighted by Gasteiger charge is -2.32. The van der Waals surface area contributed by atoms with Crippen LogP contribution in [0.2, 0.25) is 0 Å². The summed E-state index contributed by atoms with van der Waals surface area (Å²) in [5.41, 5.74) is 0.959. The second kappa shape index (κ2) is 7.43. The van der Waals surface area contributed by atoms with Crippen LogP contribution in [-0.2, 0) is 0 Å². The molecule has 3 nitrogen and oxygen atoms in total. The molecule has 0 atom stereocenters. The fourth-order valence-electron chi connectivity index (χ4n) is 2.59. The van der Waals surface area contributed by atoms with E-state index in [0.29, 0.717) is 6.04 Å². The lowest BCUT2D eigenvalue weighted by Crippen LogP contribution is -2.39. The Labute approximate surface area is 118 Å². The number of alkyl halides is 2. The standard InChI is InChI=1S/C15H22F2N2O/c1-2-9-19-10-7-13(8-11-19)18-12-3-5-14(6-4-12)20-15(16)17/h3-6,13,15,18H,2,7-11H2,1H3. The van der Waals surface area contributed by atoms with Gasteiger partial charge in [0.15, 0.2) is 0 Å². The average Bonchev–Trinajstić information content (AvgIpc) is 2.43. The van der Waals surface area contributed by atoms with Crippen LogP contribution < -0.4 is 10.1 Å². The SMILES string of the molecule is CCCN1CCC(Nc2ccc(OC(F)F)cc2)CC1. The van der Waals surface area contributed by atoms with Crippen LogP contribution >= 0.6 is 0 Å². The molecule has 2 rings (SSSR count). The number of anilines is 1. The Balaban J connectivity index is 1.79. The Hall–Kier alpha value is -1.36. The van der Waals surface area contributed by atoms with E-state index in [9.17, 15) is 8.78 Å². The summed E-state index contributed by atoms with van der Waals surface area (Å²) in [5, 5.41) is 3.45. The third kappa shape index (κ3) is 4.63. The fourth-order valence-corrected chi connectivity index (χ4v) is 2.59. The van der Waals surface area contributed by atoms with Crippen molar-refractivity contribution < 1.29 is 13.5 Å². The molecule has 0 unspecified atom stereocenters. The Morgan fingerprint density at radius 3 is 2.45 bits per heavy atom. The first kappa shape index (κ1) is 15.0. The highest BCUT2D eigenvalue weighted by Gasteiger charge is 2.18. The van der Waals surface area contributed by atoms with Gasteiger partial charge in [0, 0.05) is 24.8 Å². The smallest absolute Gasteiger partial charge is 0.387 e. The zero-order valence-corrected chi connectivity index (χ0v) is 11.8. The molecule has 112 valence electrons. The minimum Gasteiger partial charge on any atom is -0.435 e. The van der Waals surface area contributed by atoms with E-state index < -0.39 is 6.61 Å². The molecule has 1 aromatic rings.